The van der Waals surface area contributed by atoms with Crippen LogP contribution in [0.25, 0.3) is 44.2 Å². The number of para-hydroxylation sites is 1. The van der Waals surface area contributed by atoms with E-state index in [1.807, 2.05) is 54.6 Å². The fourth-order valence-corrected chi connectivity index (χ4v) is 2.97. The van der Waals surface area contributed by atoms with E-state index in [1.54, 1.807) is 6.20 Å². The summed E-state index contributed by atoms with van der Waals surface area (Å²) >= 11 is 0. The average molecular weight is 297 g/mol. The zero-order chi connectivity index (χ0) is 15.2. The third-order valence-corrected chi connectivity index (χ3v) is 4.07. The van der Waals surface area contributed by atoms with E-state index in [1.165, 1.54) is 0 Å². The molecule has 0 atom stereocenters. The summed E-state index contributed by atoms with van der Waals surface area (Å²) < 4.78 is 5.88. The molecule has 0 amide bonds. The number of pyridine rings is 1. The highest BCUT2D eigenvalue weighted by Crippen LogP contribution is 2.31. The lowest BCUT2D eigenvalue weighted by atomic mass is 10.1. The Morgan fingerprint density at radius 3 is 2.74 bits per heavy atom. The Morgan fingerprint density at radius 2 is 1.74 bits per heavy atom. The second kappa shape index (κ2) is 4.61. The van der Waals surface area contributed by atoms with Crippen LogP contribution in [0.5, 0.6) is 0 Å². The normalized spacial score (nSPS) is 11.5. The van der Waals surface area contributed by atoms with Crippen LogP contribution in [0.1, 0.15) is 0 Å². The van der Waals surface area contributed by atoms with Crippen molar-refractivity contribution in [2.45, 2.75) is 0 Å². The molecular formula is C19H11N3O. The van der Waals surface area contributed by atoms with E-state index < -0.39 is 0 Å². The van der Waals surface area contributed by atoms with Crippen molar-refractivity contribution in [3.8, 4) is 11.3 Å². The first-order valence-corrected chi connectivity index (χ1v) is 7.39. The number of benzene rings is 2. The van der Waals surface area contributed by atoms with E-state index >= 15 is 0 Å². The van der Waals surface area contributed by atoms with Gasteiger partial charge < -0.3 is 4.42 Å². The second-order valence-electron chi connectivity index (χ2n) is 5.42. The molecule has 0 saturated heterocycles. The summed E-state index contributed by atoms with van der Waals surface area (Å²) in [4.78, 5) is 4.70. The predicted octanol–water partition coefficient (Wildman–Crippen LogP) is 4.59. The summed E-state index contributed by atoms with van der Waals surface area (Å²) in [7, 11) is 0. The molecule has 3 heterocycles. The van der Waals surface area contributed by atoms with Crippen molar-refractivity contribution < 1.29 is 4.42 Å². The van der Waals surface area contributed by atoms with Gasteiger partial charge in [0.15, 0.2) is 0 Å². The first-order chi connectivity index (χ1) is 11.4. The number of hydrogen-bond donors (Lipinski definition) is 0. The van der Waals surface area contributed by atoms with Crippen molar-refractivity contribution in [1.29, 1.82) is 0 Å². The van der Waals surface area contributed by atoms with Crippen molar-refractivity contribution in [2.24, 2.45) is 0 Å². The van der Waals surface area contributed by atoms with Gasteiger partial charge in [0.25, 0.3) is 0 Å². The molecule has 0 aliphatic rings. The SMILES string of the molecule is c1cc(-c2ccc3c(n2)oc2ccccc23)c2nnccc2c1. The molecule has 0 spiro atoms. The first-order valence-electron chi connectivity index (χ1n) is 7.39. The Morgan fingerprint density at radius 1 is 0.783 bits per heavy atom. The van der Waals surface area contributed by atoms with E-state index in [4.69, 9.17) is 9.40 Å². The molecule has 0 bridgehead atoms. The van der Waals surface area contributed by atoms with Crippen LogP contribution in [-0.4, -0.2) is 15.2 Å². The Labute approximate surface area is 131 Å². The summed E-state index contributed by atoms with van der Waals surface area (Å²) in [6.45, 7) is 0. The summed E-state index contributed by atoms with van der Waals surface area (Å²) in [6, 6.07) is 20.0. The van der Waals surface area contributed by atoms with E-state index in [9.17, 15) is 0 Å². The van der Waals surface area contributed by atoms with Crippen LogP contribution in [0, 0.1) is 0 Å². The highest BCUT2D eigenvalue weighted by molar-refractivity contribution is 6.04. The quantitative estimate of drug-likeness (QED) is 0.454. The van der Waals surface area contributed by atoms with Gasteiger partial charge in [0.05, 0.1) is 11.9 Å². The monoisotopic (exact) mass is 297 g/mol. The lowest BCUT2D eigenvalue weighted by molar-refractivity contribution is 0.654. The maximum absolute atomic E-state index is 5.88. The fourth-order valence-electron chi connectivity index (χ4n) is 2.97. The van der Waals surface area contributed by atoms with Crippen LogP contribution in [0.2, 0.25) is 0 Å². The van der Waals surface area contributed by atoms with Gasteiger partial charge >= 0.3 is 0 Å². The Kier molecular flexibility index (Phi) is 2.46. The minimum Gasteiger partial charge on any atom is -0.438 e. The molecule has 23 heavy (non-hydrogen) atoms. The molecule has 0 unspecified atom stereocenters. The lowest BCUT2D eigenvalue weighted by Gasteiger charge is -2.04. The van der Waals surface area contributed by atoms with Crippen molar-refractivity contribution in [2.75, 3.05) is 0 Å². The van der Waals surface area contributed by atoms with Gasteiger partial charge in [0.1, 0.15) is 11.1 Å². The molecule has 4 nitrogen and oxygen atoms in total. The van der Waals surface area contributed by atoms with E-state index in [-0.39, 0.29) is 0 Å². The second-order valence-corrected chi connectivity index (χ2v) is 5.42. The van der Waals surface area contributed by atoms with Crippen molar-refractivity contribution in [3.05, 3.63) is 66.9 Å². The maximum atomic E-state index is 5.88. The van der Waals surface area contributed by atoms with Crippen LogP contribution < -0.4 is 0 Å². The van der Waals surface area contributed by atoms with E-state index in [0.717, 1.165) is 38.5 Å². The minimum atomic E-state index is 0.643. The van der Waals surface area contributed by atoms with Gasteiger partial charge in [-0.15, -0.1) is 5.10 Å². The maximum Gasteiger partial charge on any atom is 0.227 e. The van der Waals surface area contributed by atoms with Gasteiger partial charge in [-0.2, -0.15) is 5.10 Å². The minimum absolute atomic E-state index is 0.643. The van der Waals surface area contributed by atoms with Gasteiger partial charge in [-0.3, -0.25) is 0 Å². The summed E-state index contributed by atoms with van der Waals surface area (Å²) in [5.74, 6) is 0. The van der Waals surface area contributed by atoms with Gasteiger partial charge in [-0.1, -0.05) is 36.4 Å². The number of nitrogens with zero attached hydrogens (tertiary/aromatic N) is 3. The first kappa shape index (κ1) is 12.3. The molecule has 5 rings (SSSR count). The van der Waals surface area contributed by atoms with Crippen LogP contribution in [0.3, 0.4) is 0 Å². The lowest BCUT2D eigenvalue weighted by Crippen LogP contribution is -1.89. The van der Waals surface area contributed by atoms with Crippen LogP contribution in [0.4, 0.5) is 0 Å². The van der Waals surface area contributed by atoms with Crippen molar-refractivity contribution in [1.82, 2.24) is 15.2 Å². The molecule has 4 heteroatoms. The summed E-state index contributed by atoms with van der Waals surface area (Å²) in [6.07, 6.45) is 1.70. The van der Waals surface area contributed by atoms with Gasteiger partial charge in [-0.05, 0) is 24.3 Å². The molecule has 0 saturated carbocycles. The predicted molar refractivity (Wildman–Crippen MR) is 90.0 cm³/mol. The Balaban J connectivity index is 1.81. The summed E-state index contributed by atoms with van der Waals surface area (Å²) in [5.41, 5.74) is 4.13. The molecule has 2 aromatic carbocycles. The molecule has 3 aromatic heterocycles. The number of hydrogen-bond acceptors (Lipinski definition) is 4. The average Bonchev–Trinajstić information content (AvgIpc) is 2.99. The Hall–Kier alpha value is -3.27. The number of rotatable bonds is 1. The van der Waals surface area contributed by atoms with Gasteiger partial charge in [-0.25, -0.2) is 4.98 Å². The van der Waals surface area contributed by atoms with Crippen LogP contribution >= 0.6 is 0 Å². The van der Waals surface area contributed by atoms with Crippen molar-refractivity contribution in [3.63, 3.8) is 0 Å². The largest absolute Gasteiger partial charge is 0.438 e. The zero-order valence-corrected chi connectivity index (χ0v) is 12.1. The van der Waals surface area contributed by atoms with E-state index in [2.05, 4.69) is 16.3 Å². The highest BCUT2D eigenvalue weighted by Gasteiger charge is 2.11. The third-order valence-electron chi connectivity index (χ3n) is 4.07. The highest BCUT2D eigenvalue weighted by atomic mass is 16.3. The third kappa shape index (κ3) is 1.82. The fraction of sp³-hybridized carbons (Fsp3) is 0. The molecular weight excluding hydrogens is 286 g/mol. The van der Waals surface area contributed by atoms with Crippen molar-refractivity contribution >= 4 is 33.0 Å². The topological polar surface area (TPSA) is 51.8 Å². The van der Waals surface area contributed by atoms with Crippen LogP contribution in [0.15, 0.2) is 71.3 Å². The number of furan rings is 1. The van der Waals surface area contributed by atoms with Crippen LogP contribution in [-0.2, 0) is 0 Å². The number of aromatic nitrogens is 3. The molecule has 0 radical (unpaired) electrons. The van der Waals surface area contributed by atoms with Gasteiger partial charge in [0.2, 0.25) is 5.71 Å². The summed E-state index contributed by atoms with van der Waals surface area (Å²) in [5, 5.41) is 11.4. The van der Waals surface area contributed by atoms with Gasteiger partial charge in [0, 0.05) is 21.7 Å². The molecule has 0 aliphatic heterocycles. The van der Waals surface area contributed by atoms with E-state index in [0.29, 0.717) is 5.71 Å². The smallest absolute Gasteiger partial charge is 0.227 e. The molecule has 0 aliphatic carbocycles. The number of fused-ring (bicyclic) bond motifs is 4. The molecule has 5 aromatic rings. The zero-order valence-electron chi connectivity index (χ0n) is 12.1. The molecule has 0 N–H and O–H groups in total. The Bertz CT molecular complexity index is 1170. The standard InChI is InChI=1S/C19H11N3O/c1-2-7-17-13(5-1)14-8-9-16(21-19(14)23-17)15-6-3-4-12-10-11-20-22-18(12)15/h1-11H. The molecule has 108 valence electrons. The molecule has 0 fully saturated rings.